The van der Waals surface area contributed by atoms with Crippen molar-refractivity contribution in [3.05, 3.63) is 53.7 Å². The lowest BCUT2D eigenvalue weighted by Gasteiger charge is -2.31. The molecule has 0 spiro atoms. The molecule has 8 heteroatoms. The van der Waals surface area contributed by atoms with Gasteiger partial charge in [0.15, 0.2) is 0 Å². The van der Waals surface area contributed by atoms with E-state index in [4.69, 9.17) is 16.3 Å². The molecule has 1 saturated heterocycles. The Labute approximate surface area is 175 Å². The Balaban J connectivity index is 1.37. The third-order valence-corrected chi connectivity index (χ3v) is 4.88. The topological polar surface area (TPSA) is 83.6 Å². The lowest BCUT2D eigenvalue weighted by molar-refractivity contribution is -0.125. The highest BCUT2D eigenvalue weighted by atomic mass is 35.5. The van der Waals surface area contributed by atoms with Crippen molar-refractivity contribution in [2.45, 2.75) is 12.8 Å². The van der Waals surface area contributed by atoms with Gasteiger partial charge >= 0.3 is 0 Å². The maximum Gasteiger partial charge on any atom is 0.234 e. The van der Waals surface area contributed by atoms with Crippen LogP contribution in [0.5, 0.6) is 5.75 Å². The minimum absolute atomic E-state index is 0.0675. The summed E-state index contributed by atoms with van der Waals surface area (Å²) in [5.74, 6) is 0.938. The lowest BCUT2D eigenvalue weighted by Crippen LogP contribution is -2.45. The Hall–Kier alpha value is -2.64. The summed E-state index contributed by atoms with van der Waals surface area (Å²) in [7, 11) is 0. The first-order chi connectivity index (χ1) is 14.1. The van der Waals surface area contributed by atoms with Gasteiger partial charge in [0, 0.05) is 12.7 Å². The summed E-state index contributed by atoms with van der Waals surface area (Å²) >= 11 is 5.81. The van der Waals surface area contributed by atoms with Gasteiger partial charge in [0.1, 0.15) is 18.2 Å². The number of nitrogens with zero attached hydrogens (tertiary/aromatic N) is 2. The first-order valence-electron chi connectivity index (χ1n) is 9.69. The maximum absolute atomic E-state index is 12.5. The third kappa shape index (κ3) is 7.03. The predicted octanol–water partition coefficient (Wildman–Crippen LogP) is 2.58. The van der Waals surface area contributed by atoms with Crippen molar-refractivity contribution >= 4 is 29.2 Å². The van der Waals surface area contributed by atoms with E-state index in [1.807, 2.05) is 35.2 Å². The summed E-state index contributed by atoms with van der Waals surface area (Å²) in [6.07, 6.45) is 3.16. The monoisotopic (exact) mass is 416 g/mol. The standard InChI is InChI=1S/C21H25ClN4O3/c22-17-8-9-19(24-13-17)25-21(28)16-5-4-11-26(14-16)15-20(27)23-10-12-29-18-6-2-1-3-7-18/h1-3,6-9,13,16H,4-5,10-12,14-15H2,(H,23,27)(H,24,25,28). The van der Waals surface area contributed by atoms with Crippen LogP contribution >= 0.6 is 11.6 Å². The van der Waals surface area contributed by atoms with E-state index in [9.17, 15) is 9.59 Å². The van der Waals surface area contributed by atoms with Gasteiger partial charge in [-0.1, -0.05) is 29.8 Å². The summed E-state index contributed by atoms with van der Waals surface area (Å²) in [6, 6.07) is 12.8. The summed E-state index contributed by atoms with van der Waals surface area (Å²) < 4.78 is 5.56. The number of halogens is 1. The molecule has 1 aliphatic heterocycles. The van der Waals surface area contributed by atoms with E-state index in [0.29, 0.717) is 30.5 Å². The van der Waals surface area contributed by atoms with Gasteiger partial charge in [0.05, 0.1) is 24.0 Å². The SMILES string of the molecule is O=C(CN1CCCC(C(=O)Nc2ccc(Cl)cn2)C1)NCCOc1ccccc1. The van der Waals surface area contributed by atoms with Crippen LogP contribution < -0.4 is 15.4 Å². The molecule has 2 aromatic rings. The number of anilines is 1. The average Bonchev–Trinajstić information content (AvgIpc) is 2.74. The van der Waals surface area contributed by atoms with Gasteiger partial charge in [0.2, 0.25) is 11.8 Å². The number of piperidine rings is 1. The Kier molecular flexibility index (Phi) is 7.84. The zero-order valence-electron chi connectivity index (χ0n) is 16.1. The van der Waals surface area contributed by atoms with Gasteiger partial charge in [-0.15, -0.1) is 0 Å². The van der Waals surface area contributed by atoms with Crippen LogP contribution in [0.25, 0.3) is 0 Å². The van der Waals surface area contributed by atoms with E-state index in [2.05, 4.69) is 15.6 Å². The molecular formula is C21H25ClN4O3. The van der Waals surface area contributed by atoms with Crippen molar-refractivity contribution in [2.24, 2.45) is 5.92 Å². The van der Waals surface area contributed by atoms with Gasteiger partial charge in [-0.05, 0) is 43.7 Å². The van der Waals surface area contributed by atoms with Crippen molar-refractivity contribution in [2.75, 3.05) is 38.1 Å². The molecule has 1 aliphatic rings. The molecular weight excluding hydrogens is 392 g/mol. The van der Waals surface area contributed by atoms with E-state index >= 15 is 0 Å². The normalized spacial score (nSPS) is 16.8. The fraction of sp³-hybridized carbons (Fsp3) is 0.381. The second-order valence-electron chi connectivity index (χ2n) is 6.94. The van der Waals surface area contributed by atoms with Crippen LogP contribution in [-0.4, -0.2) is 54.5 Å². The second-order valence-corrected chi connectivity index (χ2v) is 7.37. The Bertz CT molecular complexity index is 801. The minimum atomic E-state index is -0.171. The van der Waals surface area contributed by atoms with Crippen molar-refractivity contribution in [1.82, 2.24) is 15.2 Å². The van der Waals surface area contributed by atoms with Crippen molar-refractivity contribution < 1.29 is 14.3 Å². The molecule has 3 rings (SSSR count). The number of amides is 2. The molecule has 0 bridgehead atoms. The number of para-hydroxylation sites is 1. The number of pyridine rings is 1. The number of ether oxygens (including phenoxy) is 1. The summed E-state index contributed by atoms with van der Waals surface area (Å²) in [4.78, 5) is 30.8. The molecule has 0 aliphatic carbocycles. The lowest BCUT2D eigenvalue weighted by atomic mass is 9.97. The number of carbonyl (C=O) groups is 2. The zero-order chi connectivity index (χ0) is 20.5. The quantitative estimate of drug-likeness (QED) is 0.646. The number of aromatic nitrogens is 1. The summed E-state index contributed by atoms with van der Waals surface area (Å²) in [5.41, 5.74) is 0. The molecule has 1 atom stereocenters. The maximum atomic E-state index is 12.5. The number of hydrogen-bond donors (Lipinski definition) is 2. The molecule has 1 aromatic carbocycles. The highest BCUT2D eigenvalue weighted by Gasteiger charge is 2.27. The molecule has 7 nitrogen and oxygen atoms in total. The van der Waals surface area contributed by atoms with Crippen LogP contribution in [0, 0.1) is 5.92 Å². The van der Waals surface area contributed by atoms with Crippen LogP contribution in [0.2, 0.25) is 5.02 Å². The van der Waals surface area contributed by atoms with Gasteiger partial charge in [-0.2, -0.15) is 0 Å². The highest BCUT2D eigenvalue weighted by Crippen LogP contribution is 2.18. The zero-order valence-corrected chi connectivity index (χ0v) is 16.9. The molecule has 29 heavy (non-hydrogen) atoms. The Morgan fingerprint density at radius 3 is 2.79 bits per heavy atom. The number of likely N-dealkylation sites (tertiary alicyclic amines) is 1. The van der Waals surface area contributed by atoms with Gasteiger partial charge < -0.3 is 15.4 Å². The van der Waals surface area contributed by atoms with E-state index in [0.717, 1.165) is 25.1 Å². The van der Waals surface area contributed by atoms with Crippen molar-refractivity contribution in [3.63, 3.8) is 0 Å². The van der Waals surface area contributed by atoms with Crippen molar-refractivity contribution in [1.29, 1.82) is 0 Å². The Morgan fingerprint density at radius 1 is 1.21 bits per heavy atom. The number of carbonyl (C=O) groups excluding carboxylic acids is 2. The number of benzene rings is 1. The largest absolute Gasteiger partial charge is 0.492 e. The molecule has 2 amide bonds. The van der Waals surface area contributed by atoms with Crippen LogP contribution in [0.15, 0.2) is 48.7 Å². The first kappa shape index (κ1) is 21.1. The van der Waals surface area contributed by atoms with Crippen LogP contribution in [0.4, 0.5) is 5.82 Å². The van der Waals surface area contributed by atoms with E-state index in [1.54, 1.807) is 12.1 Å². The number of nitrogens with one attached hydrogen (secondary N) is 2. The molecule has 154 valence electrons. The molecule has 2 heterocycles. The van der Waals surface area contributed by atoms with Crippen LogP contribution in [-0.2, 0) is 9.59 Å². The third-order valence-electron chi connectivity index (χ3n) is 4.66. The average molecular weight is 417 g/mol. The first-order valence-corrected chi connectivity index (χ1v) is 10.1. The second kappa shape index (κ2) is 10.8. The minimum Gasteiger partial charge on any atom is -0.492 e. The van der Waals surface area contributed by atoms with Crippen LogP contribution in [0.1, 0.15) is 12.8 Å². The number of hydrogen-bond acceptors (Lipinski definition) is 5. The molecule has 0 saturated carbocycles. The Morgan fingerprint density at radius 2 is 2.03 bits per heavy atom. The van der Waals surface area contributed by atoms with Crippen LogP contribution in [0.3, 0.4) is 0 Å². The van der Waals surface area contributed by atoms with Gasteiger partial charge in [0.25, 0.3) is 0 Å². The fourth-order valence-electron chi connectivity index (χ4n) is 3.23. The summed E-state index contributed by atoms with van der Waals surface area (Å²) in [6.45, 7) is 2.47. The van der Waals surface area contributed by atoms with Crippen molar-refractivity contribution in [3.8, 4) is 5.75 Å². The molecule has 1 fully saturated rings. The fourth-order valence-corrected chi connectivity index (χ4v) is 3.34. The molecule has 1 aromatic heterocycles. The van der Waals surface area contributed by atoms with E-state index in [-0.39, 0.29) is 24.3 Å². The smallest absolute Gasteiger partial charge is 0.234 e. The number of rotatable bonds is 8. The predicted molar refractivity (Wildman–Crippen MR) is 112 cm³/mol. The van der Waals surface area contributed by atoms with Gasteiger partial charge in [-0.25, -0.2) is 4.98 Å². The van der Waals surface area contributed by atoms with Gasteiger partial charge in [-0.3, -0.25) is 14.5 Å². The highest BCUT2D eigenvalue weighted by molar-refractivity contribution is 6.30. The molecule has 1 unspecified atom stereocenters. The molecule has 2 N–H and O–H groups in total. The van der Waals surface area contributed by atoms with E-state index in [1.165, 1.54) is 6.20 Å². The van der Waals surface area contributed by atoms with E-state index < -0.39 is 0 Å². The molecule has 0 radical (unpaired) electrons. The summed E-state index contributed by atoms with van der Waals surface area (Å²) in [5, 5.41) is 6.20.